The maximum atomic E-state index is 11.4. The van der Waals surface area contributed by atoms with E-state index in [2.05, 4.69) is 0 Å². The first-order chi connectivity index (χ1) is 8.06. The predicted octanol–water partition coefficient (Wildman–Crippen LogP) is 1.86. The van der Waals surface area contributed by atoms with Gasteiger partial charge in [-0.25, -0.2) is 0 Å². The number of amides is 1. The number of nitriles is 1. The number of nitro benzene ring substituents is 1. The Labute approximate surface area is 98.2 Å². The molecule has 0 aliphatic rings. The van der Waals surface area contributed by atoms with Crippen LogP contribution in [-0.4, -0.2) is 17.4 Å². The molecule has 0 fully saturated rings. The number of non-ortho nitro benzene ring substituents is 1. The molecule has 0 aliphatic heterocycles. The average molecular weight is 233 g/mol. The lowest BCUT2D eigenvalue weighted by molar-refractivity contribution is -0.384. The highest BCUT2D eigenvalue weighted by molar-refractivity contribution is 5.91. The van der Waals surface area contributed by atoms with Gasteiger partial charge in [0, 0.05) is 25.6 Å². The standard InChI is InChI=1S/C11H11N3O3/c1-9(15)13(7-3-6-12)10-4-2-5-11(8-10)14(16)17/h2,4-5,8H,3,7H2,1H3. The molecule has 0 aliphatic carbocycles. The Kier molecular flexibility index (Phi) is 4.17. The van der Waals surface area contributed by atoms with Crippen molar-refractivity contribution in [2.75, 3.05) is 11.4 Å². The first-order valence-corrected chi connectivity index (χ1v) is 4.95. The minimum Gasteiger partial charge on any atom is -0.311 e. The summed E-state index contributed by atoms with van der Waals surface area (Å²) in [6.07, 6.45) is 0.183. The Morgan fingerprint density at radius 1 is 1.59 bits per heavy atom. The molecule has 1 rings (SSSR count). The monoisotopic (exact) mass is 233 g/mol. The van der Waals surface area contributed by atoms with Gasteiger partial charge in [-0.05, 0) is 6.07 Å². The maximum absolute atomic E-state index is 11.4. The van der Waals surface area contributed by atoms with E-state index in [9.17, 15) is 14.9 Å². The number of nitro groups is 1. The van der Waals surface area contributed by atoms with Gasteiger partial charge in [0.15, 0.2) is 0 Å². The number of anilines is 1. The van der Waals surface area contributed by atoms with E-state index < -0.39 is 4.92 Å². The van der Waals surface area contributed by atoms with Crippen molar-refractivity contribution in [1.82, 2.24) is 0 Å². The van der Waals surface area contributed by atoms with Gasteiger partial charge in [-0.1, -0.05) is 6.07 Å². The molecular weight excluding hydrogens is 222 g/mol. The third-order valence-corrected chi connectivity index (χ3v) is 2.18. The van der Waals surface area contributed by atoms with Gasteiger partial charge in [0.25, 0.3) is 5.69 Å². The lowest BCUT2D eigenvalue weighted by Crippen LogP contribution is -2.29. The van der Waals surface area contributed by atoms with Gasteiger partial charge in [-0.2, -0.15) is 5.26 Å². The molecule has 0 N–H and O–H groups in total. The van der Waals surface area contributed by atoms with E-state index >= 15 is 0 Å². The SMILES string of the molecule is CC(=O)N(CCC#N)c1cccc([N+](=O)[O-])c1. The minimum atomic E-state index is -0.522. The summed E-state index contributed by atoms with van der Waals surface area (Å²) in [4.78, 5) is 22.8. The van der Waals surface area contributed by atoms with E-state index in [1.165, 1.54) is 30.0 Å². The zero-order chi connectivity index (χ0) is 12.8. The molecule has 0 radical (unpaired) electrons. The zero-order valence-electron chi connectivity index (χ0n) is 9.29. The van der Waals surface area contributed by atoms with Gasteiger partial charge >= 0.3 is 0 Å². The number of hydrogen-bond donors (Lipinski definition) is 0. The van der Waals surface area contributed by atoms with E-state index in [4.69, 9.17) is 5.26 Å². The number of carbonyl (C=O) groups excluding carboxylic acids is 1. The second-order valence-corrected chi connectivity index (χ2v) is 3.36. The molecule has 17 heavy (non-hydrogen) atoms. The number of nitrogens with zero attached hydrogens (tertiary/aromatic N) is 3. The van der Waals surface area contributed by atoms with Crippen LogP contribution in [0.15, 0.2) is 24.3 Å². The number of carbonyl (C=O) groups is 1. The Morgan fingerprint density at radius 2 is 2.29 bits per heavy atom. The topological polar surface area (TPSA) is 87.2 Å². The molecule has 1 aromatic carbocycles. The van der Waals surface area contributed by atoms with Crippen molar-refractivity contribution in [3.63, 3.8) is 0 Å². The third kappa shape index (κ3) is 3.28. The molecule has 0 spiro atoms. The summed E-state index contributed by atoms with van der Waals surface area (Å²) < 4.78 is 0. The highest BCUT2D eigenvalue weighted by atomic mass is 16.6. The molecule has 0 atom stereocenters. The Bertz CT molecular complexity index is 479. The zero-order valence-corrected chi connectivity index (χ0v) is 9.29. The Balaban J connectivity index is 3.02. The minimum absolute atomic E-state index is 0.0780. The van der Waals surface area contributed by atoms with Crippen molar-refractivity contribution in [2.24, 2.45) is 0 Å². The van der Waals surface area contributed by atoms with Crippen molar-refractivity contribution in [3.05, 3.63) is 34.4 Å². The summed E-state index contributed by atoms with van der Waals surface area (Å²) in [7, 11) is 0. The fourth-order valence-corrected chi connectivity index (χ4v) is 1.40. The summed E-state index contributed by atoms with van der Waals surface area (Å²) in [5.74, 6) is -0.249. The first-order valence-electron chi connectivity index (χ1n) is 4.95. The van der Waals surface area contributed by atoms with E-state index in [1.807, 2.05) is 6.07 Å². The molecule has 0 saturated carbocycles. The van der Waals surface area contributed by atoms with Crippen LogP contribution < -0.4 is 4.90 Å². The van der Waals surface area contributed by atoms with E-state index in [0.29, 0.717) is 5.69 Å². The van der Waals surface area contributed by atoms with E-state index in [-0.39, 0.29) is 24.6 Å². The summed E-state index contributed by atoms with van der Waals surface area (Å²) in [6, 6.07) is 7.72. The molecule has 1 amide bonds. The molecule has 6 heteroatoms. The number of benzene rings is 1. The summed E-state index contributed by atoms with van der Waals surface area (Å²) in [6.45, 7) is 1.59. The van der Waals surface area contributed by atoms with E-state index in [1.54, 1.807) is 6.07 Å². The largest absolute Gasteiger partial charge is 0.311 e. The molecule has 88 valence electrons. The lowest BCUT2D eigenvalue weighted by Gasteiger charge is -2.19. The molecule has 0 aromatic heterocycles. The van der Waals surface area contributed by atoms with Crippen molar-refractivity contribution in [2.45, 2.75) is 13.3 Å². The highest BCUT2D eigenvalue weighted by Crippen LogP contribution is 2.21. The number of hydrogen-bond acceptors (Lipinski definition) is 4. The van der Waals surface area contributed by atoms with Crippen molar-refractivity contribution < 1.29 is 9.72 Å². The first kappa shape index (κ1) is 12.6. The third-order valence-electron chi connectivity index (χ3n) is 2.18. The normalized spacial score (nSPS) is 9.41. The van der Waals surface area contributed by atoms with Gasteiger partial charge < -0.3 is 4.90 Å². The Hall–Kier alpha value is -2.42. The van der Waals surface area contributed by atoms with Crippen LogP contribution in [0.5, 0.6) is 0 Å². The van der Waals surface area contributed by atoms with Gasteiger partial charge in [-0.15, -0.1) is 0 Å². The molecule has 6 nitrogen and oxygen atoms in total. The highest BCUT2D eigenvalue weighted by Gasteiger charge is 2.14. The van der Waals surface area contributed by atoms with Crippen LogP contribution in [0.3, 0.4) is 0 Å². The fourth-order valence-electron chi connectivity index (χ4n) is 1.40. The summed E-state index contributed by atoms with van der Waals surface area (Å²) in [5.41, 5.74) is 0.354. The Morgan fingerprint density at radius 3 is 2.82 bits per heavy atom. The van der Waals surface area contributed by atoms with Crippen LogP contribution >= 0.6 is 0 Å². The van der Waals surface area contributed by atoms with Crippen LogP contribution in [0.1, 0.15) is 13.3 Å². The molecule has 0 heterocycles. The second kappa shape index (κ2) is 5.61. The smallest absolute Gasteiger partial charge is 0.271 e. The lowest BCUT2D eigenvalue weighted by atomic mass is 10.2. The summed E-state index contributed by atoms with van der Waals surface area (Å²) >= 11 is 0. The molecule has 0 saturated heterocycles. The molecular formula is C11H11N3O3. The van der Waals surface area contributed by atoms with Crippen molar-refractivity contribution >= 4 is 17.3 Å². The van der Waals surface area contributed by atoms with Crippen LogP contribution in [0, 0.1) is 21.4 Å². The summed E-state index contributed by atoms with van der Waals surface area (Å²) in [5, 5.41) is 19.1. The van der Waals surface area contributed by atoms with Gasteiger partial charge in [0.1, 0.15) is 0 Å². The second-order valence-electron chi connectivity index (χ2n) is 3.36. The van der Waals surface area contributed by atoms with Gasteiger partial charge in [0.2, 0.25) is 5.91 Å². The average Bonchev–Trinajstić information content (AvgIpc) is 2.29. The molecule has 0 unspecified atom stereocenters. The molecule has 1 aromatic rings. The quantitative estimate of drug-likeness (QED) is 0.586. The fraction of sp³-hybridized carbons (Fsp3) is 0.273. The molecule has 0 bridgehead atoms. The van der Waals surface area contributed by atoms with Crippen LogP contribution in [0.25, 0.3) is 0 Å². The van der Waals surface area contributed by atoms with Crippen LogP contribution in [-0.2, 0) is 4.79 Å². The van der Waals surface area contributed by atoms with Crippen molar-refractivity contribution in [3.8, 4) is 6.07 Å². The van der Waals surface area contributed by atoms with Crippen LogP contribution in [0.2, 0.25) is 0 Å². The van der Waals surface area contributed by atoms with Crippen LogP contribution in [0.4, 0.5) is 11.4 Å². The maximum Gasteiger partial charge on any atom is 0.271 e. The van der Waals surface area contributed by atoms with Gasteiger partial charge in [0.05, 0.1) is 23.1 Å². The predicted molar refractivity (Wildman–Crippen MR) is 61.4 cm³/mol. The van der Waals surface area contributed by atoms with Gasteiger partial charge in [-0.3, -0.25) is 14.9 Å². The van der Waals surface area contributed by atoms with Crippen molar-refractivity contribution in [1.29, 1.82) is 5.26 Å². The number of rotatable bonds is 4. The van der Waals surface area contributed by atoms with E-state index in [0.717, 1.165) is 0 Å².